The molecule has 6 nitrogen and oxygen atoms in total. The van der Waals surface area contributed by atoms with E-state index in [1.807, 2.05) is 6.92 Å². The van der Waals surface area contributed by atoms with Crippen LogP contribution in [0.25, 0.3) is 0 Å². The quantitative estimate of drug-likeness (QED) is 0.496. The summed E-state index contributed by atoms with van der Waals surface area (Å²) in [7, 11) is -4.07. The number of benzene rings is 3. The largest absolute Gasteiger partial charge is 0.492 e. The van der Waals surface area contributed by atoms with Crippen molar-refractivity contribution >= 4 is 21.6 Å². The summed E-state index contributed by atoms with van der Waals surface area (Å²) in [6.45, 7) is 5.29. The van der Waals surface area contributed by atoms with Crippen LogP contribution in [0.4, 0.5) is 10.1 Å². The molecule has 3 aromatic carbocycles. The van der Waals surface area contributed by atoms with Crippen LogP contribution in [0.1, 0.15) is 31.0 Å². The first-order valence-corrected chi connectivity index (χ1v) is 12.0. The van der Waals surface area contributed by atoms with Gasteiger partial charge in [-0.2, -0.15) is 0 Å². The molecule has 3 aromatic rings. The van der Waals surface area contributed by atoms with Crippen LogP contribution >= 0.6 is 0 Å². The maximum Gasteiger partial charge on any atom is 0.264 e. The first-order chi connectivity index (χ1) is 15.7. The number of carbonyl (C=O) groups is 1. The highest BCUT2D eigenvalue weighted by atomic mass is 32.2. The molecule has 0 saturated carbocycles. The van der Waals surface area contributed by atoms with Gasteiger partial charge in [0, 0.05) is 0 Å². The Morgan fingerprint density at radius 2 is 1.67 bits per heavy atom. The van der Waals surface area contributed by atoms with E-state index in [2.05, 4.69) is 5.32 Å². The van der Waals surface area contributed by atoms with Crippen LogP contribution < -0.4 is 14.4 Å². The number of para-hydroxylation sites is 2. The smallest absolute Gasteiger partial charge is 0.264 e. The fourth-order valence-electron chi connectivity index (χ4n) is 3.33. The summed E-state index contributed by atoms with van der Waals surface area (Å²) >= 11 is 0. The van der Waals surface area contributed by atoms with Gasteiger partial charge in [0.2, 0.25) is 5.91 Å². The van der Waals surface area contributed by atoms with E-state index in [0.717, 1.165) is 9.87 Å². The molecule has 1 N–H and O–H groups in total. The molecule has 0 radical (unpaired) electrons. The van der Waals surface area contributed by atoms with Gasteiger partial charge in [-0.15, -0.1) is 0 Å². The van der Waals surface area contributed by atoms with Crippen LogP contribution in [0.2, 0.25) is 0 Å². The lowest BCUT2D eigenvalue weighted by Crippen LogP contribution is -2.41. The lowest BCUT2D eigenvalue weighted by atomic mass is 10.1. The molecule has 0 aliphatic heterocycles. The number of halogens is 1. The molecule has 0 aliphatic carbocycles. The first-order valence-electron chi connectivity index (χ1n) is 10.6. The molecule has 0 heterocycles. The van der Waals surface area contributed by atoms with Gasteiger partial charge >= 0.3 is 0 Å². The number of ether oxygens (including phenoxy) is 1. The van der Waals surface area contributed by atoms with Gasteiger partial charge in [0.1, 0.15) is 18.1 Å². The van der Waals surface area contributed by atoms with Crippen LogP contribution in [0.15, 0.2) is 77.7 Å². The Morgan fingerprint density at radius 1 is 1.03 bits per heavy atom. The number of anilines is 1. The Kier molecular flexibility index (Phi) is 7.71. The monoisotopic (exact) mass is 470 g/mol. The summed E-state index contributed by atoms with van der Waals surface area (Å²) in [6, 6.07) is 18.5. The van der Waals surface area contributed by atoms with Crippen LogP contribution in [-0.2, 0) is 14.8 Å². The van der Waals surface area contributed by atoms with Gasteiger partial charge in [-0.3, -0.25) is 9.10 Å². The lowest BCUT2D eigenvalue weighted by Gasteiger charge is -2.26. The average molecular weight is 471 g/mol. The van der Waals surface area contributed by atoms with E-state index in [0.29, 0.717) is 17.9 Å². The number of nitrogens with one attached hydrogen (secondary N) is 1. The van der Waals surface area contributed by atoms with E-state index in [1.54, 1.807) is 62.4 Å². The van der Waals surface area contributed by atoms with E-state index in [9.17, 15) is 17.6 Å². The number of nitrogens with zero attached hydrogens (tertiary/aromatic N) is 1. The second-order valence-electron chi connectivity index (χ2n) is 7.57. The number of hydrogen-bond acceptors (Lipinski definition) is 4. The Bertz CT molecular complexity index is 1200. The van der Waals surface area contributed by atoms with E-state index >= 15 is 0 Å². The van der Waals surface area contributed by atoms with Gasteiger partial charge in [-0.25, -0.2) is 12.8 Å². The molecule has 8 heteroatoms. The number of hydrogen-bond donors (Lipinski definition) is 1. The third-order valence-corrected chi connectivity index (χ3v) is 6.85. The molecule has 1 atom stereocenters. The number of rotatable bonds is 9. The van der Waals surface area contributed by atoms with Crippen LogP contribution in [-0.4, -0.2) is 27.5 Å². The SMILES string of the molecule is CCOc1ccccc1N(CC(=O)N[C@H](C)c1ccc(F)cc1)S(=O)(=O)c1ccc(C)cc1. The van der Waals surface area contributed by atoms with Crippen molar-refractivity contribution in [1.82, 2.24) is 5.32 Å². The van der Waals surface area contributed by atoms with E-state index < -0.39 is 28.5 Å². The van der Waals surface area contributed by atoms with Crippen LogP contribution in [0.3, 0.4) is 0 Å². The van der Waals surface area contributed by atoms with Gasteiger partial charge in [0.05, 0.1) is 23.2 Å². The first kappa shape index (κ1) is 24.3. The zero-order valence-corrected chi connectivity index (χ0v) is 19.6. The zero-order valence-electron chi connectivity index (χ0n) is 18.8. The molecule has 174 valence electrons. The Balaban J connectivity index is 1.94. The minimum absolute atomic E-state index is 0.0683. The number of aryl methyl sites for hydroxylation is 1. The van der Waals surface area contributed by atoms with E-state index in [-0.39, 0.29) is 16.4 Å². The second kappa shape index (κ2) is 10.5. The molecule has 0 spiro atoms. The molecule has 1 amide bonds. The summed E-state index contributed by atoms with van der Waals surface area (Å²) in [5.41, 5.74) is 1.89. The van der Waals surface area contributed by atoms with Crippen molar-refractivity contribution in [2.75, 3.05) is 17.5 Å². The third kappa shape index (κ3) is 5.90. The number of carbonyl (C=O) groups excluding carboxylic acids is 1. The van der Waals surface area contributed by atoms with Crippen molar-refractivity contribution in [3.8, 4) is 5.75 Å². The van der Waals surface area contributed by atoms with E-state index in [4.69, 9.17) is 4.74 Å². The molecule has 0 fully saturated rings. The maximum absolute atomic E-state index is 13.6. The lowest BCUT2D eigenvalue weighted by molar-refractivity contribution is -0.120. The summed E-state index contributed by atoms with van der Waals surface area (Å²) < 4.78 is 47.1. The fraction of sp³-hybridized carbons (Fsp3) is 0.240. The van der Waals surface area contributed by atoms with Crippen LogP contribution in [0, 0.1) is 12.7 Å². The molecule has 0 aliphatic rings. The number of sulfonamides is 1. The summed E-state index contributed by atoms with van der Waals surface area (Å²) in [5, 5.41) is 2.79. The highest BCUT2D eigenvalue weighted by Gasteiger charge is 2.29. The van der Waals surface area contributed by atoms with Gasteiger partial charge in [0.25, 0.3) is 10.0 Å². The van der Waals surface area contributed by atoms with Crippen molar-refractivity contribution in [3.63, 3.8) is 0 Å². The van der Waals surface area contributed by atoms with Crippen molar-refractivity contribution in [2.24, 2.45) is 0 Å². The fourth-order valence-corrected chi connectivity index (χ4v) is 4.76. The molecule has 0 bridgehead atoms. The minimum Gasteiger partial charge on any atom is -0.492 e. The summed E-state index contributed by atoms with van der Waals surface area (Å²) in [5.74, 6) is -0.524. The maximum atomic E-state index is 13.6. The van der Waals surface area contributed by atoms with Crippen molar-refractivity contribution in [3.05, 3.63) is 89.7 Å². The molecule has 33 heavy (non-hydrogen) atoms. The Morgan fingerprint density at radius 3 is 2.30 bits per heavy atom. The number of amides is 1. The molecule has 0 saturated heterocycles. The van der Waals surface area contributed by atoms with E-state index in [1.165, 1.54) is 24.3 Å². The highest BCUT2D eigenvalue weighted by Crippen LogP contribution is 2.32. The van der Waals surface area contributed by atoms with Crippen molar-refractivity contribution in [1.29, 1.82) is 0 Å². The standard InChI is InChI=1S/C25H27FN2O4S/c1-4-32-24-8-6-5-7-23(24)28(33(30,31)22-15-9-18(2)10-16-22)17-25(29)27-19(3)20-11-13-21(26)14-12-20/h5-16,19H,4,17H2,1-3H3,(H,27,29)/t19-/m1/s1. The summed E-state index contributed by atoms with van der Waals surface area (Å²) in [4.78, 5) is 13.0. The van der Waals surface area contributed by atoms with Crippen LogP contribution in [0.5, 0.6) is 5.75 Å². The normalized spacial score (nSPS) is 12.1. The van der Waals surface area contributed by atoms with Gasteiger partial charge < -0.3 is 10.1 Å². The van der Waals surface area contributed by atoms with Crippen molar-refractivity contribution < 1.29 is 22.3 Å². The van der Waals surface area contributed by atoms with Gasteiger partial charge in [-0.05, 0) is 62.7 Å². The Hall–Kier alpha value is -3.39. The zero-order chi connectivity index (χ0) is 24.0. The summed E-state index contributed by atoms with van der Waals surface area (Å²) in [6.07, 6.45) is 0. The molecule has 0 aromatic heterocycles. The molecular weight excluding hydrogens is 443 g/mol. The predicted octanol–water partition coefficient (Wildman–Crippen LogP) is 4.61. The predicted molar refractivity (Wildman–Crippen MR) is 126 cm³/mol. The van der Waals surface area contributed by atoms with Gasteiger partial charge in [-0.1, -0.05) is 42.0 Å². The van der Waals surface area contributed by atoms with Crippen molar-refractivity contribution in [2.45, 2.75) is 31.7 Å². The molecule has 3 rings (SSSR count). The van der Waals surface area contributed by atoms with Gasteiger partial charge in [0.15, 0.2) is 0 Å². The molecular formula is C25H27FN2O4S. The topological polar surface area (TPSA) is 75.7 Å². The third-order valence-electron chi connectivity index (χ3n) is 5.08. The minimum atomic E-state index is -4.07. The molecule has 0 unspecified atom stereocenters. The second-order valence-corrected chi connectivity index (χ2v) is 9.43. The average Bonchev–Trinajstić information content (AvgIpc) is 2.79. The Labute approximate surface area is 194 Å². The highest BCUT2D eigenvalue weighted by molar-refractivity contribution is 7.92.